The van der Waals surface area contributed by atoms with Crippen LogP contribution < -0.4 is 21.3 Å². The zero-order valence-electron chi connectivity index (χ0n) is 63.3. The monoisotopic (exact) mass is 1370 g/mol. The second-order valence-electron chi connectivity index (χ2n) is 29.6. The van der Waals surface area contributed by atoms with Crippen molar-refractivity contribution in [3.8, 4) is 0 Å². The number of carbonyl (C=O) groups is 13. The summed E-state index contributed by atoms with van der Waals surface area (Å²) in [7, 11) is 10.8. The van der Waals surface area contributed by atoms with Gasteiger partial charge in [0.1, 0.15) is 72.5 Å². The Morgan fingerprint density at radius 2 is 1.14 bits per heavy atom. The summed E-state index contributed by atoms with van der Waals surface area (Å²) in [5, 5.41) is 23.6. The molecule has 2 unspecified atom stereocenters. The highest BCUT2D eigenvalue weighted by atomic mass is 16.5. The maximum Gasteiger partial charge on any atom is 0.407 e. The van der Waals surface area contributed by atoms with E-state index in [9.17, 15) is 38.8 Å². The van der Waals surface area contributed by atoms with E-state index in [0.717, 1.165) is 21.8 Å². The van der Waals surface area contributed by atoms with Crippen LogP contribution in [0.5, 0.6) is 0 Å². The molecule has 0 saturated carbocycles. The summed E-state index contributed by atoms with van der Waals surface area (Å²) in [5.74, 6) is -12.0. The quantitative estimate of drug-likeness (QED) is 0.102. The average molecular weight is 1370 g/mol. The molecule has 0 aromatic heterocycles. The van der Waals surface area contributed by atoms with Crippen molar-refractivity contribution in [1.29, 1.82) is 0 Å². The number of carbonyl (C=O) groups excluding carboxylic acids is 13. The summed E-state index contributed by atoms with van der Waals surface area (Å²) in [6, 6.07) is -17.6. The van der Waals surface area contributed by atoms with Gasteiger partial charge in [0, 0.05) is 67.3 Å². The van der Waals surface area contributed by atoms with E-state index in [1.165, 1.54) is 94.6 Å². The Labute approximate surface area is 577 Å². The smallest absolute Gasteiger partial charge is 0.407 e. The highest BCUT2D eigenvalue weighted by Gasteiger charge is 2.50. The van der Waals surface area contributed by atoms with Crippen molar-refractivity contribution >= 4 is 77.0 Å². The zero-order valence-corrected chi connectivity index (χ0v) is 63.3. The lowest BCUT2D eigenvalue weighted by atomic mass is 9.81. The van der Waals surface area contributed by atoms with Crippen molar-refractivity contribution in [3.63, 3.8) is 0 Å². The summed E-state index contributed by atoms with van der Waals surface area (Å²) in [6.07, 6.45) is 2.86. The molecule has 2 bridgehead atoms. The van der Waals surface area contributed by atoms with Crippen molar-refractivity contribution in [3.05, 3.63) is 12.2 Å². The molecule has 28 nitrogen and oxygen atoms in total. The van der Waals surface area contributed by atoms with Crippen molar-refractivity contribution in [2.24, 2.45) is 40.9 Å². The molecule has 2 aliphatic rings. The summed E-state index contributed by atoms with van der Waals surface area (Å²) in [4.78, 5) is 203. The van der Waals surface area contributed by atoms with Crippen LogP contribution in [-0.4, -0.2) is 268 Å². The number of fused-ring (bicyclic) bond motifs is 3. The van der Waals surface area contributed by atoms with Gasteiger partial charge < -0.3 is 65.2 Å². The lowest BCUT2D eigenvalue weighted by Crippen LogP contribution is -2.65. The fraction of sp³-hybridized carbons (Fsp3) is 0.783. The molecule has 0 aromatic carbocycles. The number of nitrogens with one attached hydrogen (secondary N) is 4. The summed E-state index contributed by atoms with van der Waals surface area (Å²) < 4.78 is 4.81. The lowest BCUT2D eigenvalue weighted by Gasteiger charge is -2.45. The van der Waals surface area contributed by atoms with Gasteiger partial charge in [-0.05, 0) is 109 Å². The molecule has 2 heterocycles. The third-order valence-corrected chi connectivity index (χ3v) is 19.1. The molecule has 2 aliphatic heterocycles. The van der Waals surface area contributed by atoms with Crippen molar-refractivity contribution < 1.29 is 72.3 Å². The summed E-state index contributed by atoms with van der Waals surface area (Å²) in [5.41, 5.74) is -1.43. The van der Waals surface area contributed by atoms with Gasteiger partial charge in [0.25, 0.3) is 5.91 Å². The Morgan fingerprint density at radius 3 is 1.64 bits per heavy atom. The van der Waals surface area contributed by atoms with Crippen molar-refractivity contribution in [2.75, 3.05) is 63.0 Å². The second kappa shape index (κ2) is 37.0. The number of rotatable bonds is 17. The van der Waals surface area contributed by atoms with Gasteiger partial charge in [-0.15, -0.1) is 0 Å². The van der Waals surface area contributed by atoms with Crippen molar-refractivity contribution in [2.45, 2.75) is 249 Å². The van der Waals surface area contributed by atoms with Crippen LogP contribution in [0.4, 0.5) is 4.79 Å². The van der Waals surface area contributed by atoms with Crippen LogP contribution in [0.15, 0.2) is 12.2 Å². The molecule has 5 N–H and O–H groups in total. The highest BCUT2D eigenvalue weighted by Crippen LogP contribution is 2.31. The van der Waals surface area contributed by atoms with Crippen LogP contribution in [-0.2, 0) is 62.3 Å². The molecule has 13 amide bonds. The number of hydrogen-bond donors (Lipinski definition) is 5. The standard InChI is InChI=1S/C69H121N13O15/c1-28-30-31-42(13)34-49-57(84)71-47(29-2)62(89)75(21)45(16)60(87)80(26)55(69(18,19)36-74(20)65(92)52(39(7)8)73-68(95)97-27)58(85)72-53(40(9)10)66(93)76(22)48(32-37(3)4)56(83)70-44(15)59(86)81-43(14)35-51(64(91)79(25)54(41(11)12)67(94)82(49)96)78(24)63(90)50(33-38(5)6)77(23)61(88)46(81)17/h28,30,37-55,96H,29,31-36H2,1-27H3,(H,70,83)(H,71,84)(H,72,85)(H,73,95)/b30-28+/t42-,43?,44-,45-,46-,47-,48+,49-,50?,51+,52-,53-,54+,55+/m0/s1. The van der Waals surface area contributed by atoms with E-state index in [-0.39, 0.29) is 61.5 Å². The molecule has 0 spiro atoms. The molecule has 552 valence electrons. The molecule has 14 atom stereocenters. The number of hydroxylamine groups is 2. The molecular weight excluding hydrogens is 1250 g/mol. The summed E-state index contributed by atoms with van der Waals surface area (Å²) in [6.45, 7) is 31.5. The molecule has 28 heteroatoms. The van der Waals surface area contributed by atoms with E-state index in [1.54, 1.807) is 89.2 Å². The maximum atomic E-state index is 15.5. The topological polar surface area (TPSA) is 329 Å². The Hall–Kier alpha value is -7.39. The minimum atomic E-state index is -1.68. The molecule has 0 radical (unpaired) electrons. The van der Waals surface area contributed by atoms with Crippen LogP contribution in [0.1, 0.15) is 170 Å². The van der Waals surface area contributed by atoms with Gasteiger partial charge in [0.2, 0.25) is 65.0 Å². The fourth-order valence-corrected chi connectivity index (χ4v) is 13.2. The normalized spacial score (nSPS) is 27.1. The number of hydrogen-bond acceptors (Lipinski definition) is 15. The fourth-order valence-electron chi connectivity index (χ4n) is 13.2. The molecule has 97 heavy (non-hydrogen) atoms. The van der Waals surface area contributed by atoms with E-state index >= 15 is 28.8 Å². The predicted molar refractivity (Wildman–Crippen MR) is 367 cm³/mol. The number of alkyl carbamates (subject to hydrolysis) is 1. The molecule has 2 rings (SSSR count). The van der Waals surface area contributed by atoms with E-state index in [0.29, 0.717) is 6.42 Å². The SMILES string of the molecule is C/C=C/C[C@H](C)C[C@H]1C(=O)N[C@@H](CC)C(=O)N(C)[C@@H](C)C(=O)N(C)[C@@H](C(C)(C)CN(C)C(=O)[C@@H](NC(=O)OC)C(C)C)C(=O)N[C@@H](C(C)C)C(=O)N(C)[C@H](CC(C)C)C(=O)N[C@@H](C)C(=O)N2C(C)C[C@H](C(=O)N(C)[C@H](C(C)C)C(=O)N1O)N(C)C(=O)C(CC(C)C)N(C)C(=O)[C@@H]2C. The van der Waals surface area contributed by atoms with E-state index < -0.39 is 179 Å². The minimum Gasteiger partial charge on any atom is -0.453 e. The van der Waals surface area contributed by atoms with E-state index in [1.807, 2.05) is 33.8 Å². The molecule has 2 saturated heterocycles. The van der Waals surface area contributed by atoms with Gasteiger partial charge in [-0.2, -0.15) is 0 Å². The Balaban J connectivity index is 3.25. The number of likely N-dealkylation sites (N-methyl/N-ethyl adjacent to an activating group) is 7. The first-order chi connectivity index (χ1) is 44.7. The molecule has 2 fully saturated rings. The maximum absolute atomic E-state index is 15.5. The van der Waals surface area contributed by atoms with E-state index in [2.05, 4.69) is 21.3 Å². The molecular formula is C69H121N13O15. The lowest BCUT2D eigenvalue weighted by molar-refractivity contribution is -0.189. The van der Waals surface area contributed by atoms with Crippen LogP contribution in [0.2, 0.25) is 0 Å². The predicted octanol–water partition coefficient (Wildman–Crippen LogP) is 3.72. The number of methoxy groups -OCH3 is 1. The molecule has 0 aliphatic carbocycles. The Bertz CT molecular complexity index is 2830. The number of allylic oxidation sites excluding steroid dienone is 2. The van der Waals surface area contributed by atoms with Gasteiger partial charge in [-0.1, -0.05) is 109 Å². The van der Waals surface area contributed by atoms with Crippen LogP contribution >= 0.6 is 0 Å². The first-order valence-corrected chi connectivity index (χ1v) is 34.3. The van der Waals surface area contributed by atoms with Gasteiger partial charge in [0.15, 0.2) is 0 Å². The third kappa shape index (κ3) is 21.6. The van der Waals surface area contributed by atoms with Crippen LogP contribution in [0.25, 0.3) is 0 Å². The second-order valence-corrected chi connectivity index (χ2v) is 29.6. The third-order valence-electron chi connectivity index (χ3n) is 19.1. The Morgan fingerprint density at radius 1 is 0.619 bits per heavy atom. The van der Waals surface area contributed by atoms with E-state index in [4.69, 9.17) is 4.74 Å². The first kappa shape index (κ1) is 85.7. The van der Waals surface area contributed by atoms with Gasteiger partial charge >= 0.3 is 6.09 Å². The van der Waals surface area contributed by atoms with Crippen molar-refractivity contribution in [1.82, 2.24) is 65.5 Å². The van der Waals surface area contributed by atoms with Crippen LogP contribution in [0.3, 0.4) is 0 Å². The number of nitrogens with zero attached hydrogens (tertiary/aromatic N) is 9. The van der Waals surface area contributed by atoms with Gasteiger partial charge in [-0.3, -0.25) is 62.7 Å². The number of amides is 13. The molecule has 0 aromatic rings. The zero-order chi connectivity index (χ0) is 75.1. The van der Waals surface area contributed by atoms with Gasteiger partial charge in [0.05, 0.1) is 7.11 Å². The Kier molecular flexibility index (Phi) is 32.7. The first-order valence-electron chi connectivity index (χ1n) is 34.3. The largest absolute Gasteiger partial charge is 0.453 e. The minimum absolute atomic E-state index is 0.0505. The number of ether oxygens (including phenoxy) is 1. The average Bonchev–Trinajstić information content (AvgIpc) is 0.800. The highest BCUT2D eigenvalue weighted by molar-refractivity contribution is 6.00. The van der Waals surface area contributed by atoms with Gasteiger partial charge in [-0.25, -0.2) is 9.86 Å². The van der Waals surface area contributed by atoms with Crippen LogP contribution in [0, 0.1) is 40.9 Å². The summed E-state index contributed by atoms with van der Waals surface area (Å²) >= 11 is 0.